The lowest BCUT2D eigenvalue weighted by molar-refractivity contribution is -0.142. The summed E-state index contributed by atoms with van der Waals surface area (Å²) in [6.07, 6.45) is -3.20. The van der Waals surface area contributed by atoms with Gasteiger partial charge in [0, 0.05) is 81.8 Å². The molecule has 4 saturated heterocycles. The van der Waals surface area contributed by atoms with Crippen molar-refractivity contribution in [3.63, 3.8) is 0 Å². The molecule has 1 aromatic carbocycles. The minimum absolute atomic E-state index is 0.0760. The highest BCUT2D eigenvalue weighted by atomic mass is 35.5. The monoisotopic (exact) mass is 737 g/mol. The lowest BCUT2D eigenvalue weighted by atomic mass is 9.99. The van der Waals surface area contributed by atoms with Gasteiger partial charge in [-0.3, -0.25) is 9.69 Å². The lowest BCUT2D eigenvalue weighted by Crippen LogP contribution is -2.55. The third kappa shape index (κ3) is 6.98. The third-order valence-corrected chi connectivity index (χ3v) is 12.4. The van der Waals surface area contributed by atoms with Crippen molar-refractivity contribution in [1.82, 2.24) is 24.5 Å². The van der Waals surface area contributed by atoms with Gasteiger partial charge in [0.15, 0.2) is 6.10 Å². The van der Waals surface area contributed by atoms with E-state index < -0.39 is 29.8 Å². The number of likely N-dealkylation sites (N-methyl/N-ethyl adjacent to an activating group) is 1. The molecule has 2 unspecified atom stereocenters. The Hall–Kier alpha value is -3.27. The number of hydrogen-bond acceptors (Lipinski definition) is 8. The summed E-state index contributed by atoms with van der Waals surface area (Å²) in [4.78, 5) is 51.5. The Morgan fingerprint density at radius 1 is 1.04 bits per heavy atom. The maximum absolute atomic E-state index is 14.1. The van der Waals surface area contributed by atoms with Gasteiger partial charge in [-0.1, -0.05) is 11.6 Å². The maximum Gasteiger partial charge on any atom is 0.418 e. The Bertz CT molecular complexity index is 1610. The summed E-state index contributed by atoms with van der Waals surface area (Å²) in [7, 11) is 3.52. The highest BCUT2D eigenvalue weighted by Crippen LogP contribution is 2.40. The average molecular weight is 738 g/mol. The molecule has 0 aliphatic carbocycles. The first-order chi connectivity index (χ1) is 23.9. The largest absolute Gasteiger partial charge is 0.436 e. The summed E-state index contributed by atoms with van der Waals surface area (Å²) in [6, 6.07) is 5.45. The van der Waals surface area contributed by atoms with Gasteiger partial charge in [0.25, 0.3) is 5.91 Å². The third-order valence-electron chi connectivity index (χ3n) is 11.2. The van der Waals surface area contributed by atoms with Crippen molar-refractivity contribution >= 4 is 52.3 Å². The molecule has 2 N–H and O–H groups in total. The molecule has 16 heteroatoms. The second kappa shape index (κ2) is 14.0. The lowest BCUT2D eigenvalue weighted by Gasteiger charge is -2.42. The number of ether oxygens (including phenoxy) is 1. The van der Waals surface area contributed by atoms with E-state index in [0.29, 0.717) is 63.7 Å². The fourth-order valence-electron chi connectivity index (χ4n) is 8.46. The van der Waals surface area contributed by atoms with Crippen LogP contribution in [0.15, 0.2) is 23.6 Å². The topological polar surface area (TPSA) is 101 Å². The summed E-state index contributed by atoms with van der Waals surface area (Å²) >= 11 is 7.87. The van der Waals surface area contributed by atoms with Crippen LogP contribution in [-0.2, 0) is 28.7 Å². The van der Waals surface area contributed by atoms with Gasteiger partial charge in [-0.25, -0.2) is 9.59 Å². The average Bonchev–Trinajstić information content (AvgIpc) is 3.82. The summed E-state index contributed by atoms with van der Waals surface area (Å²) in [5.74, 6) is -0.423. The standard InChI is InChI=1S/C34H43ClF3N7O4S/c1-39-30-25(34(36,37)38)13-20(14-26(30)35)15-28(31(46)42-8-3-21(4-9-42)44-18-23-16-24(44)17-41(23)2)49-33(48)43-10-5-22(6-11-43)45-19-29-27(7-12-50-29)40-32(45)47/h7,12-14,21-24,28,39H,3-6,8-11,15-19H2,1-2H3,(H,40,47)/t23?,24?,28-/m1/s1. The van der Waals surface area contributed by atoms with Crippen molar-refractivity contribution in [3.05, 3.63) is 44.6 Å². The molecule has 3 atom stereocenters. The fraction of sp³-hybridized carbons (Fsp3) is 0.618. The van der Waals surface area contributed by atoms with E-state index in [1.54, 1.807) is 21.1 Å². The molecule has 6 heterocycles. The van der Waals surface area contributed by atoms with Crippen molar-refractivity contribution in [2.75, 3.05) is 64.0 Å². The number of rotatable bonds is 7. The predicted octanol–water partition coefficient (Wildman–Crippen LogP) is 5.40. The van der Waals surface area contributed by atoms with Gasteiger partial charge in [-0.05, 0) is 68.3 Å². The normalized spacial score (nSPS) is 24.4. The number of benzene rings is 1. The number of carbonyl (C=O) groups excluding carboxylic acids is 3. The number of fused-ring (bicyclic) bond motifs is 3. The summed E-state index contributed by atoms with van der Waals surface area (Å²) in [6.45, 7) is 4.16. The molecule has 0 spiro atoms. The molecule has 5 aliphatic heterocycles. The maximum atomic E-state index is 14.1. The van der Waals surface area contributed by atoms with Crippen molar-refractivity contribution < 1.29 is 32.3 Å². The van der Waals surface area contributed by atoms with E-state index in [1.165, 1.54) is 24.4 Å². The fourth-order valence-corrected chi connectivity index (χ4v) is 9.62. The van der Waals surface area contributed by atoms with Crippen molar-refractivity contribution in [1.29, 1.82) is 0 Å². The molecule has 2 aromatic rings. The van der Waals surface area contributed by atoms with E-state index in [-0.39, 0.29) is 34.8 Å². The predicted molar refractivity (Wildman–Crippen MR) is 185 cm³/mol. The van der Waals surface area contributed by atoms with Gasteiger partial charge in [-0.2, -0.15) is 13.2 Å². The number of hydrogen-bond donors (Lipinski definition) is 2. The van der Waals surface area contributed by atoms with Crippen molar-refractivity contribution in [2.45, 2.75) is 81.5 Å². The Morgan fingerprint density at radius 3 is 2.38 bits per heavy atom. The van der Waals surface area contributed by atoms with Crippen LogP contribution >= 0.6 is 22.9 Å². The number of anilines is 2. The van der Waals surface area contributed by atoms with Crippen LogP contribution in [0.3, 0.4) is 0 Å². The zero-order valence-corrected chi connectivity index (χ0v) is 29.8. The molecule has 4 amide bonds. The molecular weight excluding hydrogens is 695 g/mol. The molecule has 0 radical (unpaired) electrons. The quantitative estimate of drug-likeness (QED) is 0.393. The van der Waals surface area contributed by atoms with Gasteiger partial charge < -0.3 is 35.0 Å². The number of nitrogens with zero attached hydrogens (tertiary/aromatic N) is 5. The minimum atomic E-state index is -4.69. The Morgan fingerprint density at radius 2 is 1.74 bits per heavy atom. The van der Waals surface area contributed by atoms with E-state index in [2.05, 4.69) is 27.5 Å². The van der Waals surface area contributed by atoms with Crippen LogP contribution in [-0.4, -0.2) is 126 Å². The van der Waals surface area contributed by atoms with E-state index in [9.17, 15) is 27.6 Å². The Kier molecular flexibility index (Phi) is 9.87. The van der Waals surface area contributed by atoms with Crippen LogP contribution in [0.5, 0.6) is 0 Å². The number of nitrogens with one attached hydrogen (secondary N) is 2. The highest BCUT2D eigenvalue weighted by Gasteiger charge is 2.45. The van der Waals surface area contributed by atoms with Gasteiger partial charge in [0.05, 0.1) is 28.5 Å². The molecule has 50 heavy (non-hydrogen) atoms. The van der Waals surface area contributed by atoms with Gasteiger partial charge >= 0.3 is 18.3 Å². The van der Waals surface area contributed by atoms with Crippen molar-refractivity contribution in [2.24, 2.45) is 0 Å². The van der Waals surface area contributed by atoms with E-state index in [1.807, 2.05) is 11.4 Å². The first-order valence-corrected chi connectivity index (χ1v) is 18.6. The summed E-state index contributed by atoms with van der Waals surface area (Å²) < 4.78 is 48.0. The number of thiophene rings is 1. The Labute approximate surface area is 298 Å². The number of likely N-dealkylation sites (tertiary alicyclic amines) is 4. The first-order valence-electron chi connectivity index (χ1n) is 17.3. The van der Waals surface area contributed by atoms with Gasteiger partial charge in [0.2, 0.25) is 0 Å². The zero-order valence-electron chi connectivity index (χ0n) is 28.2. The molecule has 11 nitrogen and oxygen atoms in total. The molecule has 7 rings (SSSR count). The minimum Gasteiger partial charge on any atom is -0.436 e. The molecule has 1 aromatic heterocycles. The molecule has 0 saturated carbocycles. The van der Waals surface area contributed by atoms with Crippen LogP contribution in [0.25, 0.3) is 0 Å². The second-order valence-electron chi connectivity index (χ2n) is 14.1. The second-order valence-corrected chi connectivity index (χ2v) is 15.5. The Balaban J connectivity index is 1.03. The molecular formula is C34H43ClF3N7O4S. The molecule has 4 fully saturated rings. The number of urea groups is 1. The molecule has 5 aliphatic rings. The van der Waals surface area contributed by atoms with E-state index in [4.69, 9.17) is 16.3 Å². The number of piperazine rings is 1. The van der Waals surface area contributed by atoms with Crippen LogP contribution in [0.2, 0.25) is 5.02 Å². The van der Waals surface area contributed by atoms with Gasteiger partial charge in [0.1, 0.15) is 0 Å². The van der Waals surface area contributed by atoms with Crippen LogP contribution in [0.1, 0.15) is 48.1 Å². The van der Waals surface area contributed by atoms with Crippen LogP contribution in [0, 0.1) is 0 Å². The number of amides is 4. The van der Waals surface area contributed by atoms with Gasteiger partial charge in [-0.15, -0.1) is 11.3 Å². The zero-order chi connectivity index (χ0) is 35.3. The van der Waals surface area contributed by atoms with Crippen LogP contribution < -0.4 is 10.6 Å². The number of carbonyl (C=O) groups is 3. The number of halogens is 4. The van der Waals surface area contributed by atoms with Crippen molar-refractivity contribution in [3.8, 4) is 0 Å². The van der Waals surface area contributed by atoms with E-state index >= 15 is 0 Å². The first kappa shape index (κ1) is 35.1. The van der Waals surface area contributed by atoms with E-state index in [0.717, 1.165) is 42.6 Å². The smallest absolute Gasteiger partial charge is 0.418 e. The highest BCUT2D eigenvalue weighted by molar-refractivity contribution is 7.10. The SMILES string of the molecule is CNc1c(Cl)cc(C[C@@H](OC(=O)N2CCC(N3Cc4sccc4NC3=O)CC2)C(=O)N2CCC(N3CC4CC3CN4C)CC2)cc1C(F)(F)F. The summed E-state index contributed by atoms with van der Waals surface area (Å²) in [5, 5.41) is 7.25. The molecule has 272 valence electrons. The molecule has 2 bridgehead atoms. The van der Waals surface area contributed by atoms with Crippen LogP contribution in [0.4, 0.5) is 34.1 Å². The number of alkyl halides is 3. The number of piperidine rings is 2. The summed E-state index contributed by atoms with van der Waals surface area (Å²) in [5.41, 5.74) is -0.239.